The summed E-state index contributed by atoms with van der Waals surface area (Å²) in [5.74, 6) is 0. The van der Waals surface area contributed by atoms with Gasteiger partial charge in [-0.15, -0.1) is 0 Å². The summed E-state index contributed by atoms with van der Waals surface area (Å²) in [6.07, 6.45) is -0.209. The normalized spacial score (nSPS) is 26.3. The molecule has 0 radical (unpaired) electrons. The molecule has 0 spiro atoms. The van der Waals surface area contributed by atoms with Crippen molar-refractivity contribution in [3.63, 3.8) is 0 Å². The van der Waals surface area contributed by atoms with E-state index in [1.165, 1.54) is 0 Å². The highest BCUT2D eigenvalue weighted by molar-refractivity contribution is 4.75. The summed E-state index contributed by atoms with van der Waals surface area (Å²) in [6, 6.07) is 0.390. The Morgan fingerprint density at radius 3 is 2.92 bits per heavy atom. The van der Waals surface area contributed by atoms with Crippen molar-refractivity contribution in [1.29, 1.82) is 0 Å². The lowest BCUT2D eigenvalue weighted by Gasteiger charge is -2.22. The molecule has 1 N–H and O–H groups in total. The molecule has 0 amide bonds. The van der Waals surface area contributed by atoms with Crippen LogP contribution in [0.3, 0.4) is 0 Å². The van der Waals surface area contributed by atoms with Crippen LogP contribution in [0.4, 0.5) is 8.78 Å². The standard InChI is InChI=1S/C9H18F2N2/c1-2-8-6-13(7-9(10)11)5-3-4-12-8/h8-9,12H,2-7H2,1H3. The smallest absolute Gasteiger partial charge is 0.251 e. The molecule has 1 heterocycles. The summed E-state index contributed by atoms with van der Waals surface area (Å²) in [6.45, 7) is 4.54. The number of hydrogen-bond donors (Lipinski definition) is 1. The minimum Gasteiger partial charge on any atom is -0.313 e. The second-order valence-electron chi connectivity index (χ2n) is 3.56. The summed E-state index contributed by atoms with van der Waals surface area (Å²) in [7, 11) is 0. The van der Waals surface area contributed by atoms with Gasteiger partial charge in [0.05, 0.1) is 6.54 Å². The Morgan fingerprint density at radius 1 is 1.54 bits per heavy atom. The van der Waals surface area contributed by atoms with Crippen molar-refractivity contribution >= 4 is 0 Å². The van der Waals surface area contributed by atoms with Crippen LogP contribution in [-0.2, 0) is 0 Å². The molecule has 1 fully saturated rings. The van der Waals surface area contributed by atoms with Crippen LogP contribution in [0.5, 0.6) is 0 Å². The Kier molecular flexibility index (Phi) is 4.59. The van der Waals surface area contributed by atoms with E-state index in [1.807, 2.05) is 4.90 Å². The molecule has 1 unspecified atom stereocenters. The molecule has 78 valence electrons. The van der Waals surface area contributed by atoms with Crippen LogP contribution in [0.15, 0.2) is 0 Å². The molecule has 1 aliphatic rings. The van der Waals surface area contributed by atoms with Gasteiger partial charge in [0.1, 0.15) is 0 Å². The summed E-state index contributed by atoms with van der Waals surface area (Å²) in [4.78, 5) is 1.86. The van der Waals surface area contributed by atoms with E-state index in [-0.39, 0.29) is 6.54 Å². The van der Waals surface area contributed by atoms with Gasteiger partial charge in [0, 0.05) is 12.6 Å². The predicted octanol–water partition coefficient (Wildman–Crippen LogP) is 1.33. The highest BCUT2D eigenvalue weighted by atomic mass is 19.3. The van der Waals surface area contributed by atoms with Gasteiger partial charge in [0.25, 0.3) is 6.43 Å². The lowest BCUT2D eigenvalue weighted by Crippen LogP contribution is -2.39. The van der Waals surface area contributed by atoms with Crippen LogP contribution in [0.25, 0.3) is 0 Å². The molecular weight excluding hydrogens is 174 g/mol. The Labute approximate surface area is 78.3 Å². The van der Waals surface area contributed by atoms with Crippen LogP contribution in [-0.4, -0.2) is 43.5 Å². The van der Waals surface area contributed by atoms with E-state index >= 15 is 0 Å². The molecule has 0 saturated carbocycles. The molecule has 1 aliphatic heterocycles. The van der Waals surface area contributed by atoms with Gasteiger partial charge in [-0.25, -0.2) is 8.78 Å². The third-order valence-corrected chi connectivity index (χ3v) is 2.45. The van der Waals surface area contributed by atoms with Crippen LogP contribution < -0.4 is 5.32 Å². The van der Waals surface area contributed by atoms with Crippen molar-refractivity contribution in [1.82, 2.24) is 10.2 Å². The molecular formula is C9H18F2N2. The molecule has 1 rings (SSSR count). The maximum Gasteiger partial charge on any atom is 0.251 e. The fraction of sp³-hybridized carbons (Fsp3) is 1.00. The fourth-order valence-electron chi connectivity index (χ4n) is 1.71. The van der Waals surface area contributed by atoms with Crippen LogP contribution in [0, 0.1) is 0 Å². The second kappa shape index (κ2) is 5.50. The summed E-state index contributed by atoms with van der Waals surface area (Å²) < 4.78 is 24.2. The van der Waals surface area contributed by atoms with Crippen LogP contribution >= 0.6 is 0 Å². The van der Waals surface area contributed by atoms with Crippen molar-refractivity contribution in [3.8, 4) is 0 Å². The number of halogens is 2. The first-order valence-corrected chi connectivity index (χ1v) is 4.96. The van der Waals surface area contributed by atoms with Crippen molar-refractivity contribution in [2.45, 2.75) is 32.2 Å². The van der Waals surface area contributed by atoms with E-state index in [2.05, 4.69) is 12.2 Å². The highest BCUT2D eigenvalue weighted by Crippen LogP contribution is 2.05. The quantitative estimate of drug-likeness (QED) is 0.725. The van der Waals surface area contributed by atoms with Crippen LogP contribution in [0.1, 0.15) is 19.8 Å². The highest BCUT2D eigenvalue weighted by Gasteiger charge is 2.18. The number of rotatable bonds is 3. The Hall–Kier alpha value is -0.220. The molecule has 1 atom stereocenters. The first kappa shape index (κ1) is 10.9. The average Bonchev–Trinajstić information content (AvgIpc) is 2.28. The molecule has 4 heteroatoms. The summed E-state index contributed by atoms with van der Waals surface area (Å²) in [5, 5.41) is 3.35. The van der Waals surface area contributed by atoms with E-state index in [4.69, 9.17) is 0 Å². The molecule has 1 saturated heterocycles. The van der Waals surface area contributed by atoms with E-state index in [1.54, 1.807) is 0 Å². The molecule has 13 heavy (non-hydrogen) atoms. The maximum absolute atomic E-state index is 12.1. The first-order valence-electron chi connectivity index (χ1n) is 4.96. The Bertz CT molecular complexity index is 142. The first-order chi connectivity index (χ1) is 6.22. The second-order valence-corrected chi connectivity index (χ2v) is 3.56. The lowest BCUT2D eigenvalue weighted by atomic mass is 10.2. The topological polar surface area (TPSA) is 15.3 Å². The Balaban J connectivity index is 2.35. The van der Waals surface area contributed by atoms with Crippen molar-refractivity contribution in [2.24, 2.45) is 0 Å². The Morgan fingerprint density at radius 2 is 2.31 bits per heavy atom. The minimum atomic E-state index is -2.20. The van der Waals surface area contributed by atoms with Crippen LogP contribution in [0.2, 0.25) is 0 Å². The SMILES string of the molecule is CCC1CN(CC(F)F)CCCN1. The minimum absolute atomic E-state index is 0.0713. The molecule has 2 nitrogen and oxygen atoms in total. The van der Waals surface area contributed by atoms with Crippen molar-refractivity contribution in [2.75, 3.05) is 26.2 Å². The molecule has 0 aromatic heterocycles. The van der Waals surface area contributed by atoms with Gasteiger partial charge in [-0.1, -0.05) is 6.92 Å². The van der Waals surface area contributed by atoms with Crippen molar-refractivity contribution in [3.05, 3.63) is 0 Å². The number of hydrogen-bond acceptors (Lipinski definition) is 2. The number of nitrogens with zero attached hydrogens (tertiary/aromatic N) is 1. The van der Waals surface area contributed by atoms with E-state index < -0.39 is 6.43 Å². The van der Waals surface area contributed by atoms with Gasteiger partial charge in [0.2, 0.25) is 0 Å². The zero-order chi connectivity index (χ0) is 9.68. The van der Waals surface area contributed by atoms with Crippen molar-refractivity contribution < 1.29 is 8.78 Å². The van der Waals surface area contributed by atoms with Gasteiger partial charge >= 0.3 is 0 Å². The molecule has 0 aromatic carbocycles. The van der Waals surface area contributed by atoms with Gasteiger partial charge in [-0.2, -0.15) is 0 Å². The predicted molar refractivity (Wildman–Crippen MR) is 49.1 cm³/mol. The van der Waals surface area contributed by atoms with Gasteiger partial charge in [-0.3, -0.25) is 4.90 Å². The third kappa shape index (κ3) is 4.00. The van der Waals surface area contributed by atoms with E-state index in [9.17, 15) is 8.78 Å². The maximum atomic E-state index is 12.1. The monoisotopic (exact) mass is 192 g/mol. The third-order valence-electron chi connectivity index (χ3n) is 2.45. The summed E-state index contributed by atoms with van der Waals surface area (Å²) in [5.41, 5.74) is 0. The van der Waals surface area contributed by atoms with Gasteiger partial charge in [0.15, 0.2) is 0 Å². The lowest BCUT2D eigenvalue weighted by molar-refractivity contribution is 0.0873. The number of alkyl halides is 2. The zero-order valence-electron chi connectivity index (χ0n) is 8.10. The summed E-state index contributed by atoms with van der Waals surface area (Å²) >= 11 is 0. The molecule has 0 aromatic rings. The molecule has 0 aliphatic carbocycles. The van der Waals surface area contributed by atoms with Gasteiger partial charge < -0.3 is 5.32 Å². The fourth-order valence-corrected chi connectivity index (χ4v) is 1.71. The average molecular weight is 192 g/mol. The van der Waals surface area contributed by atoms with Gasteiger partial charge in [-0.05, 0) is 25.9 Å². The molecule has 0 bridgehead atoms. The number of nitrogens with one attached hydrogen (secondary N) is 1. The van der Waals surface area contributed by atoms with E-state index in [0.29, 0.717) is 6.04 Å². The van der Waals surface area contributed by atoms with E-state index in [0.717, 1.165) is 32.5 Å². The zero-order valence-corrected chi connectivity index (χ0v) is 8.10. The largest absolute Gasteiger partial charge is 0.313 e.